The number of anilines is 2. The lowest BCUT2D eigenvalue weighted by atomic mass is 10.2. The summed E-state index contributed by atoms with van der Waals surface area (Å²) in [4.78, 5) is 15.9. The molecule has 0 bridgehead atoms. The molecule has 1 aliphatic heterocycles. The maximum Gasteiger partial charge on any atom is 0.324 e. The summed E-state index contributed by atoms with van der Waals surface area (Å²) in [6.45, 7) is 5.04. The van der Waals surface area contributed by atoms with Gasteiger partial charge in [-0.15, -0.1) is 0 Å². The molecule has 1 fully saturated rings. The van der Waals surface area contributed by atoms with Gasteiger partial charge in [0.15, 0.2) is 0 Å². The lowest BCUT2D eigenvalue weighted by Crippen LogP contribution is -2.48. The Bertz CT molecular complexity index is 416. The van der Waals surface area contributed by atoms with E-state index >= 15 is 0 Å². The molecule has 5 nitrogen and oxygen atoms in total. The highest BCUT2D eigenvalue weighted by Gasteiger charge is 2.23. The van der Waals surface area contributed by atoms with E-state index in [0.29, 0.717) is 38.5 Å². The monoisotopic (exact) mass is 249 g/mol. The Labute approximate surface area is 107 Å². The lowest BCUT2D eigenvalue weighted by Gasteiger charge is -2.32. The van der Waals surface area contributed by atoms with Gasteiger partial charge in [0.25, 0.3) is 0 Å². The van der Waals surface area contributed by atoms with E-state index in [4.69, 9.17) is 10.5 Å². The Morgan fingerprint density at radius 2 is 2.06 bits per heavy atom. The van der Waals surface area contributed by atoms with Gasteiger partial charge in [-0.2, -0.15) is 0 Å². The van der Waals surface area contributed by atoms with E-state index in [-0.39, 0.29) is 6.03 Å². The van der Waals surface area contributed by atoms with Crippen LogP contribution in [0, 0.1) is 0 Å². The number of carbonyl (C=O) groups is 1. The minimum atomic E-state index is -0.00120. The Morgan fingerprint density at radius 3 is 2.67 bits per heavy atom. The number of rotatable bonds is 2. The van der Waals surface area contributed by atoms with Gasteiger partial charge in [-0.25, -0.2) is 4.79 Å². The molecule has 0 saturated carbocycles. The molecule has 0 unspecified atom stereocenters. The van der Waals surface area contributed by atoms with Crippen LogP contribution in [-0.2, 0) is 4.74 Å². The van der Waals surface area contributed by atoms with Crippen LogP contribution >= 0.6 is 0 Å². The van der Waals surface area contributed by atoms with Gasteiger partial charge in [0.1, 0.15) is 0 Å². The molecule has 0 spiro atoms. The van der Waals surface area contributed by atoms with Crippen molar-refractivity contribution in [2.75, 3.05) is 43.5 Å². The van der Waals surface area contributed by atoms with Gasteiger partial charge in [-0.3, -0.25) is 4.90 Å². The third-order valence-electron chi connectivity index (χ3n) is 3.06. The first kappa shape index (κ1) is 12.7. The highest BCUT2D eigenvalue weighted by atomic mass is 16.5. The van der Waals surface area contributed by atoms with Gasteiger partial charge in [-0.1, -0.05) is 12.1 Å². The first-order valence-electron chi connectivity index (χ1n) is 6.22. The van der Waals surface area contributed by atoms with Crippen molar-refractivity contribution >= 4 is 17.4 Å². The molecular formula is C13H19N3O2. The Kier molecular flexibility index (Phi) is 4.04. The molecule has 0 radical (unpaired) electrons. The summed E-state index contributed by atoms with van der Waals surface area (Å²) in [6.07, 6.45) is 0. The van der Waals surface area contributed by atoms with Gasteiger partial charge in [0.05, 0.1) is 24.6 Å². The topological polar surface area (TPSA) is 58.8 Å². The van der Waals surface area contributed by atoms with Gasteiger partial charge in [-0.05, 0) is 19.1 Å². The fraction of sp³-hybridized carbons (Fsp3) is 0.462. The number of hydrogen-bond donors (Lipinski definition) is 1. The van der Waals surface area contributed by atoms with E-state index in [1.807, 2.05) is 31.2 Å². The van der Waals surface area contributed by atoms with Crippen LogP contribution in [0.15, 0.2) is 24.3 Å². The number of urea groups is 1. The van der Waals surface area contributed by atoms with Gasteiger partial charge >= 0.3 is 6.03 Å². The highest BCUT2D eigenvalue weighted by Crippen LogP contribution is 2.23. The maximum absolute atomic E-state index is 12.4. The Morgan fingerprint density at radius 1 is 1.39 bits per heavy atom. The van der Waals surface area contributed by atoms with E-state index in [0.717, 1.165) is 5.69 Å². The Hall–Kier alpha value is -1.75. The fourth-order valence-corrected chi connectivity index (χ4v) is 2.07. The van der Waals surface area contributed by atoms with Crippen molar-refractivity contribution in [3.05, 3.63) is 24.3 Å². The van der Waals surface area contributed by atoms with Crippen molar-refractivity contribution < 1.29 is 9.53 Å². The summed E-state index contributed by atoms with van der Waals surface area (Å²) in [5, 5.41) is 0. The summed E-state index contributed by atoms with van der Waals surface area (Å²) < 4.78 is 5.26. The zero-order valence-electron chi connectivity index (χ0n) is 10.6. The smallest absolute Gasteiger partial charge is 0.324 e. The zero-order chi connectivity index (χ0) is 13.0. The molecule has 1 aliphatic rings. The van der Waals surface area contributed by atoms with Crippen LogP contribution in [-0.4, -0.2) is 43.8 Å². The van der Waals surface area contributed by atoms with Crippen molar-refractivity contribution in [1.29, 1.82) is 0 Å². The summed E-state index contributed by atoms with van der Waals surface area (Å²) in [5.74, 6) is 0. The van der Waals surface area contributed by atoms with Crippen LogP contribution < -0.4 is 10.6 Å². The number of nitrogen functional groups attached to an aromatic ring is 1. The van der Waals surface area contributed by atoms with E-state index in [1.54, 1.807) is 9.80 Å². The first-order chi connectivity index (χ1) is 8.74. The normalized spacial score (nSPS) is 15.5. The average molecular weight is 249 g/mol. The largest absolute Gasteiger partial charge is 0.397 e. The average Bonchev–Trinajstić information content (AvgIpc) is 2.42. The summed E-state index contributed by atoms with van der Waals surface area (Å²) in [6, 6.07) is 7.44. The molecular weight excluding hydrogens is 230 g/mol. The SMILES string of the molecule is CCN(C(=O)N1CCOCC1)c1ccccc1N. The number of nitrogens with two attached hydrogens (primary N) is 1. The van der Waals surface area contributed by atoms with Crippen molar-refractivity contribution in [1.82, 2.24) is 4.90 Å². The fourth-order valence-electron chi connectivity index (χ4n) is 2.07. The van der Waals surface area contributed by atoms with Crippen LogP contribution in [0.4, 0.5) is 16.2 Å². The standard InChI is InChI=1S/C13H19N3O2/c1-2-16(12-6-4-3-5-11(12)14)13(17)15-7-9-18-10-8-15/h3-6H,2,7-10,14H2,1H3. The van der Waals surface area contributed by atoms with Crippen molar-refractivity contribution in [2.24, 2.45) is 0 Å². The predicted octanol–water partition coefficient (Wildman–Crippen LogP) is 1.55. The number of hydrogen-bond acceptors (Lipinski definition) is 3. The molecule has 0 aromatic heterocycles. The van der Waals surface area contributed by atoms with Crippen LogP contribution in [0.3, 0.4) is 0 Å². The second kappa shape index (κ2) is 5.73. The molecule has 1 aromatic carbocycles. The molecule has 1 saturated heterocycles. The van der Waals surface area contributed by atoms with Crippen LogP contribution in [0.25, 0.3) is 0 Å². The van der Waals surface area contributed by atoms with Gasteiger partial charge in [0.2, 0.25) is 0 Å². The highest BCUT2D eigenvalue weighted by molar-refractivity contribution is 5.95. The number of para-hydroxylation sites is 2. The molecule has 18 heavy (non-hydrogen) atoms. The minimum absolute atomic E-state index is 0.00120. The molecule has 1 aromatic rings. The number of amides is 2. The third-order valence-corrected chi connectivity index (χ3v) is 3.06. The van der Waals surface area contributed by atoms with Crippen LogP contribution in [0.2, 0.25) is 0 Å². The number of benzene rings is 1. The molecule has 1 heterocycles. The summed E-state index contributed by atoms with van der Waals surface area (Å²) in [5.41, 5.74) is 7.33. The van der Waals surface area contributed by atoms with Gasteiger partial charge < -0.3 is 15.4 Å². The van der Waals surface area contributed by atoms with Crippen molar-refractivity contribution in [2.45, 2.75) is 6.92 Å². The number of nitrogens with zero attached hydrogens (tertiary/aromatic N) is 2. The van der Waals surface area contributed by atoms with Crippen LogP contribution in [0.5, 0.6) is 0 Å². The second-order valence-electron chi connectivity index (χ2n) is 4.19. The van der Waals surface area contributed by atoms with E-state index in [9.17, 15) is 4.79 Å². The van der Waals surface area contributed by atoms with Crippen LogP contribution in [0.1, 0.15) is 6.92 Å². The van der Waals surface area contributed by atoms with Crippen molar-refractivity contribution in [3.8, 4) is 0 Å². The molecule has 0 atom stereocenters. The number of carbonyl (C=O) groups excluding carboxylic acids is 1. The van der Waals surface area contributed by atoms with E-state index in [1.165, 1.54) is 0 Å². The maximum atomic E-state index is 12.4. The molecule has 2 N–H and O–H groups in total. The van der Waals surface area contributed by atoms with Crippen molar-refractivity contribution in [3.63, 3.8) is 0 Å². The Balaban J connectivity index is 2.17. The number of morpholine rings is 1. The first-order valence-corrected chi connectivity index (χ1v) is 6.22. The second-order valence-corrected chi connectivity index (χ2v) is 4.19. The van der Waals surface area contributed by atoms with Gasteiger partial charge in [0, 0.05) is 19.6 Å². The molecule has 0 aliphatic carbocycles. The molecule has 5 heteroatoms. The van der Waals surface area contributed by atoms with E-state index in [2.05, 4.69) is 0 Å². The molecule has 98 valence electrons. The predicted molar refractivity (Wildman–Crippen MR) is 71.7 cm³/mol. The third kappa shape index (κ3) is 2.56. The number of ether oxygens (including phenoxy) is 1. The summed E-state index contributed by atoms with van der Waals surface area (Å²) in [7, 11) is 0. The minimum Gasteiger partial charge on any atom is -0.397 e. The zero-order valence-corrected chi connectivity index (χ0v) is 10.6. The molecule has 2 rings (SSSR count). The van der Waals surface area contributed by atoms with E-state index < -0.39 is 0 Å². The lowest BCUT2D eigenvalue weighted by molar-refractivity contribution is 0.0549. The molecule has 2 amide bonds. The quantitative estimate of drug-likeness (QED) is 0.809. The summed E-state index contributed by atoms with van der Waals surface area (Å²) >= 11 is 0.